The van der Waals surface area contributed by atoms with Crippen molar-refractivity contribution in [2.75, 3.05) is 13.1 Å². The molecular formula is C15H21BrN2. The number of nitrogens with two attached hydrogens (primary N) is 1. The third kappa shape index (κ3) is 2.24. The molecule has 2 unspecified atom stereocenters. The number of rotatable bonds is 2. The van der Waals surface area contributed by atoms with E-state index in [1.54, 1.807) is 5.56 Å². The van der Waals surface area contributed by atoms with Crippen LogP contribution in [-0.4, -0.2) is 24.0 Å². The SMILES string of the molecule is NCC1CCCCN1C1CCc2cc(Br)ccc21. The van der Waals surface area contributed by atoms with E-state index in [1.165, 1.54) is 48.7 Å². The fourth-order valence-electron chi connectivity index (χ4n) is 3.59. The van der Waals surface area contributed by atoms with Crippen LogP contribution in [0.25, 0.3) is 0 Å². The van der Waals surface area contributed by atoms with Crippen molar-refractivity contribution in [2.45, 2.75) is 44.2 Å². The van der Waals surface area contributed by atoms with E-state index in [0.29, 0.717) is 12.1 Å². The van der Waals surface area contributed by atoms with Crippen LogP contribution in [0.1, 0.15) is 42.9 Å². The molecule has 98 valence electrons. The van der Waals surface area contributed by atoms with Crippen molar-refractivity contribution in [2.24, 2.45) is 5.73 Å². The van der Waals surface area contributed by atoms with Gasteiger partial charge >= 0.3 is 0 Å². The number of halogens is 1. The Balaban J connectivity index is 1.86. The molecule has 0 bridgehead atoms. The molecule has 0 radical (unpaired) electrons. The molecule has 1 aliphatic carbocycles. The Morgan fingerprint density at radius 1 is 1.28 bits per heavy atom. The summed E-state index contributed by atoms with van der Waals surface area (Å²) in [4.78, 5) is 2.67. The van der Waals surface area contributed by atoms with E-state index in [9.17, 15) is 0 Å². The first-order chi connectivity index (χ1) is 8.79. The summed E-state index contributed by atoms with van der Waals surface area (Å²) in [6, 6.07) is 7.98. The molecular weight excluding hydrogens is 288 g/mol. The van der Waals surface area contributed by atoms with Crippen LogP contribution in [0.5, 0.6) is 0 Å². The van der Waals surface area contributed by atoms with E-state index >= 15 is 0 Å². The van der Waals surface area contributed by atoms with Gasteiger partial charge in [-0.3, -0.25) is 4.90 Å². The molecule has 2 aliphatic rings. The van der Waals surface area contributed by atoms with Crippen LogP contribution in [0, 0.1) is 0 Å². The molecule has 1 heterocycles. The number of hydrogen-bond acceptors (Lipinski definition) is 2. The maximum Gasteiger partial charge on any atom is 0.0357 e. The monoisotopic (exact) mass is 308 g/mol. The van der Waals surface area contributed by atoms with Gasteiger partial charge in [0.15, 0.2) is 0 Å². The maximum absolute atomic E-state index is 5.96. The van der Waals surface area contributed by atoms with Crippen LogP contribution >= 0.6 is 15.9 Å². The van der Waals surface area contributed by atoms with Crippen LogP contribution in [0.3, 0.4) is 0 Å². The molecule has 2 nitrogen and oxygen atoms in total. The lowest BCUT2D eigenvalue weighted by Crippen LogP contribution is -2.45. The predicted octanol–water partition coefficient (Wildman–Crippen LogP) is 3.25. The number of nitrogens with zero attached hydrogens (tertiary/aromatic N) is 1. The second kappa shape index (κ2) is 5.32. The number of fused-ring (bicyclic) bond motifs is 1. The quantitative estimate of drug-likeness (QED) is 0.908. The highest BCUT2D eigenvalue weighted by Crippen LogP contribution is 2.39. The summed E-state index contributed by atoms with van der Waals surface area (Å²) in [7, 11) is 0. The average Bonchev–Trinajstić information content (AvgIpc) is 2.81. The fourth-order valence-corrected chi connectivity index (χ4v) is 4.00. The zero-order chi connectivity index (χ0) is 12.5. The molecule has 3 heteroatoms. The van der Waals surface area contributed by atoms with Gasteiger partial charge in [0, 0.05) is 23.1 Å². The summed E-state index contributed by atoms with van der Waals surface area (Å²) in [5, 5.41) is 0. The Kier molecular flexibility index (Phi) is 3.73. The number of piperidine rings is 1. The fraction of sp³-hybridized carbons (Fsp3) is 0.600. The Morgan fingerprint density at radius 3 is 3.00 bits per heavy atom. The summed E-state index contributed by atoms with van der Waals surface area (Å²) in [6.45, 7) is 2.03. The highest BCUT2D eigenvalue weighted by molar-refractivity contribution is 9.10. The molecule has 0 aromatic heterocycles. The second-order valence-electron chi connectivity index (χ2n) is 5.52. The molecule has 1 aromatic rings. The summed E-state index contributed by atoms with van der Waals surface area (Å²) >= 11 is 3.57. The van der Waals surface area contributed by atoms with E-state index in [2.05, 4.69) is 39.0 Å². The number of likely N-dealkylation sites (tertiary alicyclic amines) is 1. The van der Waals surface area contributed by atoms with Gasteiger partial charge in [-0.25, -0.2) is 0 Å². The molecule has 0 saturated carbocycles. The molecule has 2 N–H and O–H groups in total. The van der Waals surface area contributed by atoms with Crippen LogP contribution in [0.4, 0.5) is 0 Å². The van der Waals surface area contributed by atoms with Gasteiger partial charge in [0.05, 0.1) is 0 Å². The predicted molar refractivity (Wildman–Crippen MR) is 78.6 cm³/mol. The number of aryl methyl sites for hydroxylation is 1. The van der Waals surface area contributed by atoms with Gasteiger partial charge in [-0.2, -0.15) is 0 Å². The van der Waals surface area contributed by atoms with Gasteiger partial charge in [-0.15, -0.1) is 0 Å². The van der Waals surface area contributed by atoms with Gasteiger partial charge in [-0.05, 0) is 55.5 Å². The highest BCUT2D eigenvalue weighted by Gasteiger charge is 2.33. The Labute approximate surface area is 118 Å². The summed E-state index contributed by atoms with van der Waals surface area (Å²) in [5.41, 5.74) is 9.02. The highest BCUT2D eigenvalue weighted by atomic mass is 79.9. The van der Waals surface area contributed by atoms with Gasteiger partial charge in [0.2, 0.25) is 0 Å². The van der Waals surface area contributed by atoms with Crippen molar-refractivity contribution in [1.82, 2.24) is 4.90 Å². The van der Waals surface area contributed by atoms with E-state index in [1.807, 2.05) is 0 Å². The van der Waals surface area contributed by atoms with Gasteiger partial charge in [0.25, 0.3) is 0 Å². The second-order valence-corrected chi connectivity index (χ2v) is 6.44. The summed E-state index contributed by atoms with van der Waals surface area (Å²) in [6.07, 6.45) is 6.44. The first kappa shape index (κ1) is 12.6. The number of benzene rings is 1. The standard InChI is InChI=1S/C15H21BrN2/c16-12-5-6-14-11(9-12)4-7-15(14)18-8-2-1-3-13(18)10-17/h5-6,9,13,15H,1-4,7-8,10,17H2. The molecule has 3 rings (SSSR count). The molecule has 1 fully saturated rings. The zero-order valence-corrected chi connectivity index (χ0v) is 12.3. The van der Waals surface area contributed by atoms with Crippen LogP contribution < -0.4 is 5.73 Å². The third-order valence-corrected chi connectivity index (χ3v) is 4.99. The van der Waals surface area contributed by atoms with Gasteiger partial charge in [-0.1, -0.05) is 28.4 Å². The molecule has 18 heavy (non-hydrogen) atoms. The normalized spacial score (nSPS) is 28.3. The molecule has 0 amide bonds. The van der Waals surface area contributed by atoms with Gasteiger partial charge < -0.3 is 5.73 Å². The Hall–Kier alpha value is -0.380. The first-order valence-corrected chi connectivity index (χ1v) is 7.83. The lowest BCUT2D eigenvalue weighted by atomic mass is 9.97. The summed E-state index contributed by atoms with van der Waals surface area (Å²) in [5.74, 6) is 0. The lowest BCUT2D eigenvalue weighted by molar-refractivity contribution is 0.0990. The van der Waals surface area contributed by atoms with Crippen molar-refractivity contribution in [3.63, 3.8) is 0 Å². The molecule has 0 spiro atoms. The topological polar surface area (TPSA) is 29.3 Å². The van der Waals surface area contributed by atoms with Crippen molar-refractivity contribution >= 4 is 15.9 Å². The Morgan fingerprint density at radius 2 is 2.17 bits per heavy atom. The van der Waals surface area contributed by atoms with Crippen molar-refractivity contribution in [3.8, 4) is 0 Å². The van der Waals surface area contributed by atoms with Crippen molar-refractivity contribution in [1.29, 1.82) is 0 Å². The minimum atomic E-state index is 0.596. The van der Waals surface area contributed by atoms with E-state index in [4.69, 9.17) is 5.73 Å². The summed E-state index contributed by atoms with van der Waals surface area (Å²) < 4.78 is 1.20. The maximum atomic E-state index is 5.96. The largest absolute Gasteiger partial charge is 0.329 e. The smallest absolute Gasteiger partial charge is 0.0357 e. The molecule has 1 aromatic carbocycles. The minimum absolute atomic E-state index is 0.596. The first-order valence-electron chi connectivity index (χ1n) is 7.03. The van der Waals surface area contributed by atoms with E-state index in [-0.39, 0.29) is 0 Å². The van der Waals surface area contributed by atoms with E-state index < -0.39 is 0 Å². The number of hydrogen-bond donors (Lipinski definition) is 1. The van der Waals surface area contributed by atoms with Crippen LogP contribution in [-0.2, 0) is 6.42 Å². The van der Waals surface area contributed by atoms with Crippen molar-refractivity contribution in [3.05, 3.63) is 33.8 Å². The molecule has 1 saturated heterocycles. The van der Waals surface area contributed by atoms with Crippen molar-refractivity contribution < 1.29 is 0 Å². The average molecular weight is 309 g/mol. The minimum Gasteiger partial charge on any atom is -0.329 e. The third-order valence-electron chi connectivity index (χ3n) is 4.50. The van der Waals surface area contributed by atoms with Gasteiger partial charge in [0.1, 0.15) is 0 Å². The van der Waals surface area contributed by atoms with Crippen LogP contribution in [0.2, 0.25) is 0 Å². The molecule has 2 atom stereocenters. The molecule has 1 aliphatic heterocycles. The van der Waals surface area contributed by atoms with Crippen LogP contribution in [0.15, 0.2) is 22.7 Å². The Bertz CT molecular complexity index is 433. The van der Waals surface area contributed by atoms with E-state index in [0.717, 1.165) is 6.54 Å². The zero-order valence-electron chi connectivity index (χ0n) is 10.7. The lowest BCUT2D eigenvalue weighted by Gasteiger charge is -2.39.